The zero-order chi connectivity index (χ0) is 31.2. The van der Waals surface area contributed by atoms with Gasteiger partial charge in [0, 0.05) is 33.4 Å². The molecule has 0 saturated heterocycles. The van der Waals surface area contributed by atoms with Crippen LogP contribution < -0.4 is 0 Å². The van der Waals surface area contributed by atoms with Gasteiger partial charge in [0.1, 0.15) is 11.2 Å². The smallest absolute Gasteiger partial charge is 0.164 e. The molecular weight excluding hydrogens is 574 g/mol. The van der Waals surface area contributed by atoms with Crippen molar-refractivity contribution in [1.29, 1.82) is 0 Å². The second-order valence-corrected chi connectivity index (χ2v) is 12.0. The van der Waals surface area contributed by atoms with E-state index in [-0.39, 0.29) is 5.92 Å². The molecule has 4 heteroatoms. The van der Waals surface area contributed by atoms with E-state index < -0.39 is 0 Å². The Balaban J connectivity index is 1.17. The Morgan fingerprint density at radius 2 is 1.26 bits per heavy atom. The summed E-state index contributed by atoms with van der Waals surface area (Å²) in [5, 5.41) is 4.60. The number of furan rings is 1. The molecule has 0 spiro atoms. The van der Waals surface area contributed by atoms with Crippen molar-refractivity contribution in [3.63, 3.8) is 0 Å². The van der Waals surface area contributed by atoms with E-state index in [1.165, 1.54) is 16.3 Å². The standard InChI is InChI=1S/C43H29N3O/c1-3-11-28(12-4-1)33-25-26-38-37(27-33)40-36(19-10-20-39(40)47-38)43-45-41(31-14-5-2-6-15-31)44-42(46-43)32-23-21-30(22-24-32)35-18-9-16-29-13-7-8-17-34(29)35/h1-21,23-27,30H,22H2. The second kappa shape index (κ2) is 11.3. The number of aromatic nitrogens is 3. The second-order valence-electron chi connectivity index (χ2n) is 12.0. The highest BCUT2D eigenvalue weighted by molar-refractivity contribution is 6.12. The Morgan fingerprint density at radius 3 is 2.09 bits per heavy atom. The normalized spacial score (nSPS) is 14.6. The highest BCUT2D eigenvalue weighted by Crippen LogP contribution is 2.39. The van der Waals surface area contributed by atoms with E-state index in [2.05, 4.69) is 109 Å². The number of benzene rings is 6. The summed E-state index contributed by atoms with van der Waals surface area (Å²) in [5.74, 6) is 2.21. The van der Waals surface area contributed by atoms with Crippen LogP contribution in [0, 0.1) is 0 Å². The quantitative estimate of drug-likeness (QED) is 0.196. The SMILES string of the molecule is C1=CC(c2cccc3ccccc23)CC=C1c1nc(-c2ccccc2)nc(-c2cccc3oc4ccc(-c5ccccc5)cc4c23)n1. The van der Waals surface area contributed by atoms with Crippen LogP contribution in [0.5, 0.6) is 0 Å². The minimum absolute atomic E-state index is 0.282. The summed E-state index contributed by atoms with van der Waals surface area (Å²) < 4.78 is 6.36. The monoisotopic (exact) mass is 603 g/mol. The summed E-state index contributed by atoms with van der Waals surface area (Å²) in [6.45, 7) is 0. The van der Waals surface area contributed by atoms with E-state index in [0.717, 1.165) is 56.2 Å². The minimum Gasteiger partial charge on any atom is -0.456 e. The van der Waals surface area contributed by atoms with E-state index in [1.54, 1.807) is 0 Å². The molecule has 8 aromatic rings. The molecule has 1 aliphatic rings. The third-order valence-electron chi connectivity index (χ3n) is 9.09. The molecule has 0 N–H and O–H groups in total. The van der Waals surface area contributed by atoms with Gasteiger partial charge in [0.2, 0.25) is 0 Å². The van der Waals surface area contributed by atoms with Crippen LogP contribution >= 0.6 is 0 Å². The van der Waals surface area contributed by atoms with Crippen LogP contribution in [0.1, 0.15) is 23.7 Å². The van der Waals surface area contributed by atoms with Crippen molar-refractivity contribution in [2.45, 2.75) is 12.3 Å². The Labute approximate surface area is 272 Å². The van der Waals surface area contributed by atoms with Crippen LogP contribution in [-0.2, 0) is 0 Å². The highest BCUT2D eigenvalue weighted by Gasteiger charge is 2.20. The third kappa shape index (κ3) is 4.91. The maximum absolute atomic E-state index is 6.36. The lowest BCUT2D eigenvalue weighted by Gasteiger charge is -2.18. The molecule has 6 aromatic carbocycles. The molecule has 1 aliphatic carbocycles. The van der Waals surface area contributed by atoms with Crippen LogP contribution in [-0.4, -0.2) is 15.0 Å². The lowest BCUT2D eigenvalue weighted by atomic mass is 9.87. The molecule has 0 amide bonds. The molecule has 1 atom stereocenters. The fraction of sp³-hybridized carbons (Fsp3) is 0.0465. The highest BCUT2D eigenvalue weighted by atomic mass is 16.3. The number of fused-ring (bicyclic) bond motifs is 4. The van der Waals surface area contributed by atoms with Crippen LogP contribution in [0.2, 0.25) is 0 Å². The van der Waals surface area contributed by atoms with E-state index in [1.807, 2.05) is 48.5 Å². The average Bonchev–Trinajstić information content (AvgIpc) is 3.53. The van der Waals surface area contributed by atoms with Gasteiger partial charge in [-0.05, 0) is 52.1 Å². The van der Waals surface area contributed by atoms with Gasteiger partial charge in [-0.1, -0.05) is 140 Å². The number of hydrogen-bond acceptors (Lipinski definition) is 4. The van der Waals surface area contributed by atoms with E-state index in [0.29, 0.717) is 17.5 Å². The van der Waals surface area contributed by atoms with Gasteiger partial charge in [0.05, 0.1) is 0 Å². The zero-order valence-corrected chi connectivity index (χ0v) is 25.5. The molecule has 47 heavy (non-hydrogen) atoms. The first-order valence-electron chi connectivity index (χ1n) is 16.0. The minimum atomic E-state index is 0.282. The molecule has 0 radical (unpaired) electrons. The Morgan fingerprint density at radius 1 is 0.532 bits per heavy atom. The molecular formula is C43H29N3O. The van der Waals surface area contributed by atoms with Crippen LogP contribution in [0.3, 0.4) is 0 Å². The van der Waals surface area contributed by atoms with Gasteiger partial charge in [0.25, 0.3) is 0 Å². The maximum Gasteiger partial charge on any atom is 0.164 e. The van der Waals surface area contributed by atoms with Gasteiger partial charge < -0.3 is 4.42 Å². The predicted octanol–water partition coefficient (Wildman–Crippen LogP) is 11.1. The largest absolute Gasteiger partial charge is 0.456 e. The molecule has 9 rings (SSSR count). The first-order valence-corrected chi connectivity index (χ1v) is 16.0. The van der Waals surface area contributed by atoms with Gasteiger partial charge in [0.15, 0.2) is 17.5 Å². The summed E-state index contributed by atoms with van der Waals surface area (Å²) in [6, 6.07) is 48.2. The molecule has 0 fully saturated rings. The first-order chi connectivity index (χ1) is 23.3. The molecule has 2 heterocycles. The van der Waals surface area contributed by atoms with Crippen molar-refractivity contribution >= 4 is 38.3 Å². The molecule has 2 aromatic heterocycles. The van der Waals surface area contributed by atoms with E-state index in [9.17, 15) is 0 Å². The summed E-state index contributed by atoms with van der Waals surface area (Å²) >= 11 is 0. The van der Waals surface area contributed by atoms with Gasteiger partial charge in [-0.2, -0.15) is 0 Å². The molecule has 4 nitrogen and oxygen atoms in total. The van der Waals surface area contributed by atoms with Crippen molar-refractivity contribution in [3.8, 4) is 33.9 Å². The predicted molar refractivity (Wildman–Crippen MR) is 192 cm³/mol. The average molecular weight is 604 g/mol. The Bertz CT molecular complexity index is 2490. The van der Waals surface area contributed by atoms with Gasteiger partial charge in [-0.3, -0.25) is 0 Å². The molecule has 1 unspecified atom stereocenters. The zero-order valence-electron chi connectivity index (χ0n) is 25.5. The molecule has 0 saturated carbocycles. The molecule has 222 valence electrons. The van der Waals surface area contributed by atoms with Crippen molar-refractivity contribution in [2.75, 3.05) is 0 Å². The van der Waals surface area contributed by atoms with Crippen molar-refractivity contribution in [2.24, 2.45) is 0 Å². The van der Waals surface area contributed by atoms with Crippen LogP contribution in [0.4, 0.5) is 0 Å². The van der Waals surface area contributed by atoms with Crippen LogP contribution in [0.15, 0.2) is 162 Å². The van der Waals surface area contributed by atoms with Crippen molar-refractivity contribution in [3.05, 3.63) is 169 Å². The third-order valence-corrected chi connectivity index (χ3v) is 9.09. The first kappa shape index (κ1) is 27.2. The number of hydrogen-bond donors (Lipinski definition) is 0. The maximum atomic E-state index is 6.36. The van der Waals surface area contributed by atoms with Crippen molar-refractivity contribution < 1.29 is 4.42 Å². The summed E-state index contributed by atoms with van der Waals surface area (Å²) in [5.41, 5.74) is 8.14. The summed E-state index contributed by atoms with van der Waals surface area (Å²) in [6.07, 6.45) is 7.59. The lowest BCUT2D eigenvalue weighted by molar-refractivity contribution is 0.669. The lowest BCUT2D eigenvalue weighted by Crippen LogP contribution is -2.05. The Kier molecular flexibility index (Phi) is 6.57. The van der Waals surface area contributed by atoms with Gasteiger partial charge in [-0.25, -0.2) is 15.0 Å². The number of allylic oxidation sites excluding steroid dienone is 4. The molecule has 0 aliphatic heterocycles. The number of rotatable bonds is 5. The number of nitrogens with zero attached hydrogens (tertiary/aromatic N) is 3. The summed E-state index contributed by atoms with van der Waals surface area (Å²) in [4.78, 5) is 15.2. The fourth-order valence-electron chi connectivity index (χ4n) is 6.76. The Hall–Kier alpha value is -6.13. The van der Waals surface area contributed by atoms with Gasteiger partial charge >= 0.3 is 0 Å². The van der Waals surface area contributed by atoms with E-state index >= 15 is 0 Å². The summed E-state index contributed by atoms with van der Waals surface area (Å²) in [7, 11) is 0. The topological polar surface area (TPSA) is 51.8 Å². The van der Waals surface area contributed by atoms with E-state index in [4.69, 9.17) is 19.4 Å². The molecule has 0 bridgehead atoms. The van der Waals surface area contributed by atoms with Gasteiger partial charge in [-0.15, -0.1) is 0 Å². The van der Waals surface area contributed by atoms with Crippen LogP contribution in [0.25, 0.3) is 72.2 Å². The fourth-order valence-corrected chi connectivity index (χ4v) is 6.76. The van der Waals surface area contributed by atoms with Crippen molar-refractivity contribution in [1.82, 2.24) is 15.0 Å².